The van der Waals surface area contributed by atoms with E-state index in [1.807, 2.05) is 26.1 Å². The molecule has 0 bridgehead atoms. The quantitative estimate of drug-likeness (QED) is 0.790. The van der Waals surface area contributed by atoms with E-state index in [0.29, 0.717) is 16.6 Å². The number of amides is 1. The van der Waals surface area contributed by atoms with Crippen molar-refractivity contribution in [2.24, 2.45) is 5.92 Å². The molecule has 3 rings (SSSR count). The molecule has 1 aliphatic rings. The van der Waals surface area contributed by atoms with Gasteiger partial charge in [0, 0.05) is 48.7 Å². The lowest BCUT2D eigenvalue weighted by Crippen LogP contribution is -2.40. The third-order valence-corrected chi connectivity index (χ3v) is 5.33. The van der Waals surface area contributed by atoms with E-state index in [1.165, 1.54) is 0 Å². The fourth-order valence-corrected chi connectivity index (χ4v) is 3.68. The summed E-state index contributed by atoms with van der Waals surface area (Å²) < 4.78 is 0. The maximum atomic E-state index is 12.5. The second-order valence-corrected chi connectivity index (χ2v) is 7.47. The summed E-state index contributed by atoms with van der Waals surface area (Å²) in [4.78, 5) is 23.6. The van der Waals surface area contributed by atoms with E-state index >= 15 is 0 Å². The Morgan fingerprint density at radius 1 is 1.22 bits per heavy atom. The van der Waals surface area contributed by atoms with Crippen LogP contribution in [0.15, 0.2) is 24.3 Å². The van der Waals surface area contributed by atoms with Gasteiger partial charge >= 0.3 is 0 Å². The van der Waals surface area contributed by atoms with E-state index in [1.54, 1.807) is 12.1 Å². The molecular weight excluding hydrogens is 385 g/mol. The van der Waals surface area contributed by atoms with Gasteiger partial charge in [0.1, 0.15) is 17.5 Å². The van der Waals surface area contributed by atoms with Crippen molar-refractivity contribution < 1.29 is 4.79 Å². The molecule has 0 aliphatic carbocycles. The number of aryl methyl sites for hydroxylation is 1. The minimum absolute atomic E-state index is 0.000898. The largest absolute Gasteiger partial charge is 0.373 e. The van der Waals surface area contributed by atoms with Gasteiger partial charge in [-0.3, -0.25) is 4.79 Å². The van der Waals surface area contributed by atoms with Crippen LogP contribution >= 0.6 is 23.2 Å². The number of halogens is 2. The second-order valence-electron chi connectivity index (χ2n) is 6.62. The third kappa shape index (κ3) is 5.02. The number of aromatic nitrogens is 2. The van der Waals surface area contributed by atoms with Crippen LogP contribution in [-0.4, -0.2) is 36.0 Å². The summed E-state index contributed by atoms with van der Waals surface area (Å²) in [5.74, 6) is 2.50. The first-order chi connectivity index (χ1) is 13.0. The Labute approximate surface area is 169 Å². The normalized spacial score (nSPS) is 14.9. The summed E-state index contributed by atoms with van der Waals surface area (Å²) in [6, 6.07) is 7.24. The number of hydrogen-bond donors (Lipinski definition) is 2. The van der Waals surface area contributed by atoms with Gasteiger partial charge < -0.3 is 15.5 Å². The third-order valence-electron chi connectivity index (χ3n) is 4.74. The molecular formula is C19H23Cl2N5O. The van der Waals surface area contributed by atoms with E-state index in [4.69, 9.17) is 23.2 Å². The Kier molecular flexibility index (Phi) is 6.39. The number of carbonyl (C=O) groups excluding carboxylic acids is 1. The van der Waals surface area contributed by atoms with Crippen LogP contribution < -0.4 is 15.5 Å². The smallest absolute Gasteiger partial charge is 0.223 e. The van der Waals surface area contributed by atoms with Crippen LogP contribution in [0.5, 0.6) is 0 Å². The molecule has 0 saturated carbocycles. The zero-order chi connectivity index (χ0) is 19.4. The second kappa shape index (κ2) is 8.76. The number of rotatable bonds is 5. The summed E-state index contributed by atoms with van der Waals surface area (Å²) in [5, 5.41) is 7.20. The van der Waals surface area contributed by atoms with Gasteiger partial charge in [0.25, 0.3) is 0 Å². The summed E-state index contributed by atoms with van der Waals surface area (Å²) in [7, 11) is 1.84. The van der Waals surface area contributed by atoms with Crippen molar-refractivity contribution in [3.8, 4) is 0 Å². The van der Waals surface area contributed by atoms with E-state index in [-0.39, 0.29) is 11.8 Å². The molecule has 1 aromatic heterocycles. The number of piperidine rings is 1. The average Bonchev–Trinajstić information content (AvgIpc) is 2.66. The topological polar surface area (TPSA) is 70.2 Å². The SMILES string of the molecule is CNc1cc(N2CCC(C(=O)NCc3ccc(Cl)cc3Cl)CC2)nc(C)n1. The summed E-state index contributed by atoms with van der Waals surface area (Å²) >= 11 is 12.1. The lowest BCUT2D eigenvalue weighted by Gasteiger charge is -2.32. The molecule has 0 atom stereocenters. The molecule has 0 radical (unpaired) electrons. The van der Waals surface area contributed by atoms with Crippen LogP contribution in [0.4, 0.5) is 11.6 Å². The maximum Gasteiger partial charge on any atom is 0.223 e. The van der Waals surface area contributed by atoms with Crippen molar-refractivity contribution >= 4 is 40.7 Å². The molecule has 2 N–H and O–H groups in total. The van der Waals surface area contributed by atoms with Crippen LogP contribution in [0.2, 0.25) is 10.0 Å². The van der Waals surface area contributed by atoms with Crippen molar-refractivity contribution in [3.05, 3.63) is 45.7 Å². The van der Waals surface area contributed by atoms with E-state index < -0.39 is 0 Å². The van der Waals surface area contributed by atoms with Crippen molar-refractivity contribution in [2.45, 2.75) is 26.3 Å². The highest BCUT2D eigenvalue weighted by Gasteiger charge is 2.26. The molecule has 1 aromatic carbocycles. The molecule has 0 spiro atoms. The fraction of sp³-hybridized carbons (Fsp3) is 0.421. The maximum absolute atomic E-state index is 12.5. The summed E-state index contributed by atoms with van der Waals surface area (Å²) in [5.41, 5.74) is 0.864. The van der Waals surface area contributed by atoms with Crippen LogP contribution in [-0.2, 0) is 11.3 Å². The van der Waals surface area contributed by atoms with Gasteiger partial charge in [0.05, 0.1) is 0 Å². The van der Waals surface area contributed by atoms with E-state index in [2.05, 4.69) is 25.5 Å². The standard InChI is InChI=1S/C19H23Cl2N5O/c1-12-24-17(22-2)10-18(25-12)26-7-5-13(6-8-26)19(27)23-11-14-3-4-15(20)9-16(14)21/h3-4,9-10,13H,5-8,11H2,1-2H3,(H,23,27)(H,22,24,25). The van der Waals surface area contributed by atoms with Gasteiger partial charge in [-0.2, -0.15) is 0 Å². The molecule has 2 aromatic rings. The molecule has 144 valence electrons. The molecule has 6 nitrogen and oxygen atoms in total. The van der Waals surface area contributed by atoms with Crippen molar-refractivity contribution in [2.75, 3.05) is 30.4 Å². The molecule has 1 amide bonds. The van der Waals surface area contributed by atoms with Crippen molar-refractivity contribution in [1.29, 1.82) is 0 Å². The Morgan fingerprint density at radius 2 is 1.96 bits per heavy atom. The monoisotopic (exact) mass is 407 g/mol. The lowest BCUT2D eigenvalue weighted by atomic mass is 9.96. The average molecular weight is 408 g/mol. The number of nitrogens with zero attached hydrogens (tertiary/aromatic N) is 3. The molecule has 0 unspecified atom stereocenters. The summed E-state index contributed by atoms with van der Waals surface area (Å²) in [6.45, 7) is 3.87. The Hall–Kier alpha value is -2.05. The molecule has 2 heterocycles. The molecule has 27 heavy (non-hydrogen) atoms. The van der Waals surface area contributed by atoms with Crippen LogP contribution in [0.3, 0.4) is 0 Å². The van der Waals surface area contributed by atoms with Crippen LogP contribution in [0, 0.1) is 12.8 Å². The van der Waals surface area contributed by atoms with Crippen LogP contribution in [0.1, 0.15) is 24.2 Å². The lowest BCUT2D eigenvalue weighted by molar-refractivity contribution is -0.125. The first kappa shape index (κ1) is 19.7. The zero-order valence-electron chi connectivity index (χ0n) is 15.4. The molecule has 8 heteroatoms. The van der Waals surface area contributed by atoms with Crippen molar-refractivity contribution in [1.82, 2.24) is 15.3 Å². The number of benzene rings is 1. The number of anilines is 2. The number of carbonyl (C=O) groups is 1. The van der Waals surface area contributed by atoms with Crippen LogP contribution in [0.25, 0.3) is 0 Å². The van der Waals surface area contributed by atoms with Gasteiger partial charge in [0.2, 0.25) is 5.91 Å². The highest BCUT2D eigenvalue weighted by atomic mass is 35.5. The first-order valence-corrected chi connectivity index (χ1v) is 9.72. The Morgan fingerprint density at radius 3 is 2.63 bits per heavy atom. The minimum Gasteiger partial charge on any atom is -0.373 e. The van der Waals surface area contributed by atoms with E-state index in [9.17, 15) is 4.79 Å². The summed E-state index contributed by atoms with van der Waals surface area (Å²) in [6.07, 6.45) is 1.58. The van der Waals surface area contributed by atoms with Gasteiger partial charge in [-0.05, 0) is 37.5 Å². The molecule has 1 aliphatic heterocycles. The van der Waals surface area contributed by atoms with Gasteiger partial charge in [-0.15, -0.1) is 0 Å². The number of nitrogens with one attached hydrogen (secondary N) is 2. The first-order valence-electron chi connectivity index (χ1n) is 8.96. The van der Waals surface area contributed by atoms with Gasteiger partial charge in [-0.25, -0.2) is 9.97 Å². The predicted octanol–water partition coefficient (Wildman–Crippen LogP) is 3.67. The molecule has 1 fully saturated rings. The highest BCUT2D eigenvalue weighted by molar-refractivity contribution is 6.35. The fourth-order valence-electron chi connectivity index (χ4n) is 3.20. The van der Waals surface area contributed by atoms with Gasteiger partial charge in [0.15, 0.2) is 0 Å². The zero-order valence-corrected chi connectivity index (χ0v) is 16.9. The highest BCUT2D eigenvalue weighted by Crippen LogP contribution is 2.24. The Bertz CT molecular complexity index is 822. The Balaban J connectivity index is 1.54. The van der Waals surface area contributed by atoms with E-state index in [0.717, 1.165) is 49.0 Å². The number of hydrogen-bond acceptors (Lipinski definition) is 5. The minimum atomic E-state index is -0.000898. The van der Waals surface area contributed by atoms with Crippen molar-refractivity contribution in [3.63, 3.8) is 0 Å². The van der Waals surface area contributed by atoms with Gasteiger partial charge in [-0.1, -0.05) is 29.3 Å². The predicted molar refractivity (Wildman–Crippen MR) is 110 cm³/mol. The molecule has 1 saturated heterocycles.